The molecule has 1 unspecified atom stereocenters. The fraction of sp³-hybridized carbons (Fsp3) is 0.600. The van der Waals surface area contributed by atoms with Crippen molar-refractivity contribution in [2.45, 2.75) is 25.5 Å². The van der Waals surface area contributed by atoms with Gasteiger partial charge in [-0.3, -0.25) is 4.90 Å². The summed E-state index contributed by atoms with van der Waals surface area (Å²) in [6, 6.07) is 1.68. The van der Waals surface area contributed by atoms with Crippen LogP contribution in [0.4, 0.5) is 5.82 Å². The van der Waals surface area contributed by atoms with Crippen LogP contribution in [0.3, 0.4) is 0 Å². The van der Waals surface area contributed by atoms with E-state index in [9.17, 15) is 5.11 Å². The lowest BCUT2D eigenvalue weighted by molar-refractivity contribution is 0.0655. The highest BCUT2D eigenvalue weighted by molar-refractivity contribution is 5.24. The molecule has 15 heavy (non-hydrogen) atoms. The van der Waals surface area contributed by atoms with Crippen molar-refractivity contribution in [2.75, 3.05) is 18.8 Å². The average molecular weight is 208 g/mol. The van der Waals surface area contributed by atoms with E-state index in [0.717, 1.165) is 25.2 Å². The first-order valence-corrected chi connectivity index (χ1v) is 5.22. The summed E-state index contributed by atoms with van der Waals surface area (Å²) in [5.41, 5.74) is 5.57. The predicted octanol–water partition coefficient (Wildman–Crippen LogP) is 0.0155. The number of nitrogens with zero attached hydrogens (tertiary/aromatic N) is 3. The molecule has 82 valence electrons. The quantitative estimate of drug-likeness (QED) is 0.716. The molecule has 5 nitrogen and oxygen atoms in total. The highest BCUT2D eigenvalue weighted by atomic mass is 16.3. The number of hydrogen-bond donors (Lipinski definition) is 2. The fourth-order valence-corrected chi connectivity index (χ4v) is 1.87. The molecule has 0 radical (unpaired) electrons. The maximum Gasteiger partial charge on any atom is 0.144 e. The van der Waals surface area contributed by atoms with Gasteiger partial charge >= 0.3 is 0 Å². The van der Waals surface area contributed by atoms with E-state index in [1.807, 2.05) is 0 Å². The summed E-state index contributed by atoms with van der Waals surface area (Å²) in [5, 5.41) is 9.51. The van der Waals surface area contributed by atoms with Crippen molar-refractivity contribution in [3.05, 3.63) is 18.1 Å². The fourth-order valence-electron chi connectivity index (χ4n) is 1.87. The third-order valence-corrected chi connectivity index (χ3v) is 2.57. The Balaban J connectivity index is 1.96. The van der Waals surface area contributed by atoms with Gasteiger partial charge in [-0.05, 0) is 25.5 Å². The number of β-amino-alcohol motifs (C(OH)–C–C–N with tert-alkyl or cyclic N) is 1. The monoisotopic (exact) mass is 208 g/mol. The van der Waals surface area contributed by atoms with Gasteiger partial charge in [-0.25, -0.2) is 9.97 Å². The van der Waals surface area contributed by atoms with Gasteiger partial charge < -0.3 is 10.8 Å². The van der Waals surface area contributed by atoms with Gasteiger partial charge in [0, 0.05) is 12.7 Å². The first-order chi connectivity index (χ1) is 7.24. The van der Waals surface area contributed by atoms with Crippen LogP contribution in [0.5, 0.6) is 0 Å². The largest absolute Gasteiger partial charge is 0.392 e. The van der Waals surface area contributed by atoms with E-state index in [-0.39, 0.29) is 6.10 Å². The first-order valence-electron chi connectivity index (χ1n) is 5.22. The lowest BCUT2D eigenvalue weighted by Gasteiger charge is -2.29. The zero-order valence-electron chi connectivity index (χ0n) is 8.63. The Morgan fingerprint density at radius 3 is 3.20 bits per heavy atom. The van der Waals surface area contributed by atoms with Crippen LogP contribution >= 0.6 is 0 Å². The van der Waals surface area contributed by atoms with Gasteiger partial charge in [-0.15, -0.1) is 0 Å². The first kappa shape index (κ1) is 10.3. The van der Waals surface area contributed by atoms with E-state index < -0.39 is 0 Å². The number of anilines is 1. The van der Waals surface area contributed by atoms with Crippen molar-refractivity contribution in [1.82, 2.24) is 14.9 Å². The number of hydrogen-bond acceptors (Lipinski definition) is 5. The molecule has 0 aliphatic carbocycles. The average Bonchev–Trinajstić information content (AvgIpc) is 2.17. The molecule has 5 heteroatoms. The van der Waals surface area contributed by atoms with E-state index in [4.69, 9.17) is 5.73 Å². The molecule has 1 fully saturated rings. The Labute approximate surface area is 88.9 Å². The highest BCUT2D eigenvalue weighted by Crippen LogP contribution is 2.11. The maximum atomic E-state index is 9.51. The number of aromatic nitrogens is 2. The second-order valence-corrected chi connectivity index (χ2v) is 3.93. The van der Waals surface area contributed by atoms with Gasteiger partial charge in [0.25, 0.3) is 0 Å². The summed E-state index contributed by atoms with van der Waals surface area (Å²) in [6.45, 7) is 2.37. The molecular formula is C10H16N4O. The van der Waals surface area contributed by atoms with Crippen LogP contribution in [0.1, 0.15) is 18.7 Å². The molecule has 0 bridgehead atoms. The lowest BCUT2D eigenvalue weighted by Crippen LogP contribution is -2.38. The van der Waals surface area contributed by atoms with Crippen molar-refractivity contribution in [3.63, 3.8) is 0 Å². The minimum Gasteiger partial charge on any atom is -0.392 e. The van der Waals surface area contributed by atoms with Gasteiger partial charge in [0.15, 0.2) is 0 Å². The molecule has 1 aliphatic heterocycles. The molecule has 1 aromatic rings. The van der Waals surface area contributed by atoms with Crippen molar-refractivity contribution in [3.8, 4) is 0 Å². The number of nitrogens with two attached hydrogens (primary N) is 1. The second-order valence-electron chi connectivity index (χ2n) is 3.93. The van der Waals surface area contributed by atoms with Gasteiger partial charge in [-0.2, -0.15) is 0 Å². The zero-order chi connectivity index (χ0) is 10.7. The molecule has 2 rings (SSSR count). The van der Waals surface area contributed by atoms with Gasteiger partial charge in [0.1, 0.15) is 11.6 Å². The maximum absolute atomic E-state index is 9.51. The number of aliphatic hydroxyl groups excluding tert-OH is 1. The number of piperidine rings is 1. The SMILES string of the molecule is Nc1ccnc(CN2CCCC(O)C2)n1. The van der Waals surface area contributed by atoms with E-state index in [1.165, 1.54) is 0 Å². The summed E-state index contributed by atoms with van der Waals surface area (Å²) in [4.78, 5) is 10.4. The molecule has 1 saturated heterocycles. The number of likely N-dealkylation sites (tertiary alicyclic amines) is 1. The predicted molar refractivity (Wildman–Crippen MR) is 57.0 cm³/mol. The van der Waals surface area contributed by atoms with Crippen molar-refractivity contribution in [2.24, 2.45) is 0 Å². The summed E-state index contributed by atoms with van der Waals surface area (Å²) in [5.74, 6) is 1.22. The van der Waals surface area contributed by atoms with E-state index in [1.54, 1.807) is 12.3 Å². The van der Waals surface area contributed by atoms with Crippen LogP contribution < -0.4 is 5.73 Å². The molecule has 0 saturated carbocycles. The Bertz CT molecular complexity index is 331. The Morgan fingerprint density at radius 2 is 2.47 bits per heavy atom. The lowest BCUT2D eigenvalue weighted by atomic mass is 10.1. The smallest absolute Gasteiger partial charge is 0.144 e. The standard InChI is InChI=1S/C10H16N4O/c11-9-3-4-12-10(13-9)7-14-5-1-2-8(15)6-14/h3-4,8,15H,1-2,5-7H2,(H2,11,12,13). The van der Waals surface area contributed by atoms with Crippen LogP contribution in [0.15, 0.2) is 12.3 Å². The van der Waals surface area contributed by atoms with Crippen LogP contribution in [0.25, 0.3) is 0 Å². The molecule has 0 aromatic carbocycles. The third-order valence-electron chi connectivity index (χ3n) is 2.57. The normalized spacial score (nSPS) is 22.9. The Morgan fingerprint density at radius 1 is 1.60 bits per heavy atom. The molecule has 1 aliphatic rings. The van der Waals surface area contributed by atoms with Crippen molar-refractivity contribution < 1.29 is 5.11 Å². The number of aliphatic hydroxyl groups is 1. The van der Waals surface area contributed by atoms with Gasteiger partial charge in [0.05, 0.1) is 12.6 Å². The summed E-state index contributed by atoms with van der Waals surface area (Å²) in [6.07, 6.45) is 3.38. The van der Waals surface area contributed by atoms with E-state index in [2.05, 4.69) is 14.9 Å². The second kappa shape index (κ2) is 4.55. The van der Waals surface area contributed by atoms with Crippen molar-refractivity contribution >= 4 is 5.82 Å². The van der Waals surface area contributed by atoms with Gasteiger partial charge in [-0.1, -0.05) is 0 Å². The number of rotatable bonds is 2. The minimum absolute atomic E-state index is 0.209. The van der Waals surface area contributed by atoms with E-state index >= 15 is 0 Å². The molecule has 3 N–H and O–H groups in total. The van der Waals surface area contributed by atoms with Crippen LogP contribution in [0.2, 0.25) is 0 Å². The van der Waals surface area contributed by atoms with Crippen LogP contribution in [-0.4, -0.2) is 39.2 Å². The number of nitrogen functional groups attached to an aromatic ring is 1. The van der Waals surface area contributed by atoms with Crippen LogP contribution in [-0.2, 0) is 6.54 Å². The van der Waals surface area contributed by atoms with Gasteiger partial charge in [0.2, 0.25) is 0 Å². The zero-order valence-corrected chi connectivity index (χ0v) is 8.63. The summed E-state index contributed by atoms with van der Waals surface area (Å²) in [7, 11) is 0. The third kappa shape index (κ3) is 2.87. The highest BCUT2D eigenvalue weighted by Gasteiger charge is 2.18. The van der Waals surface area contributed by atoms with Crippen LogP contribution in [0, 0.1) is 0 Å². The molecular weight excluding hydrogens is 192 g/mol. The Kier molecular flexibility index (Phi) is 3.13. The molecule has 2 heterocycles. The topological polar surface area (TPSA) is 75.3 Å². The summed E-state index contributed by atoms with van der Waals surface area (Å²) < 4.78 is 0. The van der Waals surface area contributed by atoms with E-state index in [0.29, 0.717) is 18.9 Å². The molecule has 0 spiro atoms. The summed E-state index contributed by atoms with van der Waals surface area (Å²) >= 11 is 0. The van der Waals surface area contributed by atoms with Crippen molar-refractivity contribution in [1.29, 1.82) is 0 Å². The minimum atomic E-state index is -0.209. The molecule has 1 aromatic heterocycles. The molecule has 0 amide bonds. The Hall–Kier alpha value is -1.20. The molecule has 1 atom stereocenters.